The predicted octanol–water partition coefficient (Wildman–Crippen LogP) is 2.39. The van der Waals surface area contributed by atoms with Crippen LogP contribution in [0, 0.1) is 0 Å². The van der Waals surface area contributed by atoms with E-state index in [9.17, 15) is 8.42 Å². The molecule has 5 heteroatoms. The first-order valence-corrected chi connectivity index (χ1v) is 7.87. The van der Waals surface area contributed by atoms with Gasteiger partial charge in [0, 0.05) is 11.1 Å². The van der Waals surface area contributed by atoms with Crippen LogP contribution >= 0.6 is 15.9 Å². The Hall–Kier alpha value is -0.550. The second-order valence-electron chi connectivity index (χ2n) is 4.05. The summed E-state index contributed by atoms with van der Waals surface area (Å²) in [7, 11) is -3.11. The van der Waals surface area contributed by atoms with Crippen LogP contribution < -0.4 is 4.74 Å². The van der Waals surface area contributed by atoms with E-state index in [4.69, 9.17) is 4.74 Å². The molecule has 1 aliphatic carbocycles. The van der Waals surface area contributed by atoms with Crippen molar-refractivity contribution >= 4 is 25.8 Å². The molecule has 0 amide bonds. The lowest BCUT2D eigenvalue weighted by molar-refractivity contribution is 0.128. The highest BCUT2D eigenvalue weighted by Gasteiger charge is 2.28. The van der Waals surface area contributed by atoms with Crippen molar-refractivity contribution in [1.29, 1.82) is 0 Å². The van der Waals surface area contributed by atoms with Crippen LogP contribution in [-0.2, 0) is 9.84 Å². The maximum atomic E-state index is 11.2. The summed E-state index contributed by atoms with van der Waals surface area (Å²) in [4.78, 5) is 0.889. The maximum Gasteiger partial charge on any atom is 0.175 e. The van der Waals surface area contributed by atoms with Gasteiger partial charge in [-0.2, -0.15) is 0 Å². The second-order valence-corrected chi connectivity index (χ2v) is 7.36. The molecule has 0 aliphatic heterocycles. The molecule has 0 saturated heterocycles. The van der Waals surface area contributed by atoms with Crippen molar-refractivity contribution in [3.05, 3.63) is 24.3 Å². The summed E-state index contributed by atoms with van der Waals surface area (Å²) in [6.45, 7) is 0. The van der Waals surface area contributed by atoms with Gasteiger partial charge in [-0.3, -0.25) is 0 Å². The predicted molar refractivity (Wildman–Crippen MR) is 65.9 cm³/mol. The zero-order valence-corrected chi connectivity index (χ0v) is 11.3. The SMILES string of the molecule is CS(=O)(=O)c1ccc(OC2CC(Br)C2)cc1. The van der Waals surface area contributed by atoms with Gasteiger partial charge in [-0.15, -0.1) is 0 Å². The van der Waals surface area contributed by atoms with E-state index < -0.39 is 9.84 Å². The fourth-order valence-corrected chi connectivity index (χ4v) is 3.02. The van der Waals surface area contributed by atoms with Crippen LogP contribution in [0.1, 0.15) is 12.8 Å². The van der Waals surface area contributed by atoms with E-state index in [1.54, 1.807) is 24.3 Å². The number of hydrogen-bond donors (Lipinski definition) is 0. The molecule has 0 spiro atoms. The van der Waals surface area contributed by atoms with Crippen molar-refractivity contribution in [2.75, 3.05) is 6.26 Å². The van der Waals surface area contributed by atoms with Crippen LogP contribution in [-0.4, -0.2) is 25.6 Å². The van der Waals surface area contributed by atoms with Gasteiger partial charge in [0.1, 0.15) is 11.9 Å². The average Bonchev–Trinajstić information content (AvgIpc) is 2.15. The molecule has 0 unspecified atom stereocenters. The molecule has 0 radical (unpaired) electrons. The van der Waals surface area contributed by atoms with Crippen molar-refractivity contribution in [3.63, 3.8) is 0 Å². The first-order valence-electron chi connectivity index (χ1n) is 5.06. The van der Waals surface area contributed by atoms with Gasteiger partial charge in [0.15, 0.2) is 9.84 Å². The fourth-order valence-electron chi connectivity index (χ4n) is 1.56. The third kappa shape index (κ3) is 2.77. The average molecular weight is 305 g/mol. The highest BCUT2D eigenvalue weighted by Crippen LogP contribution is 2.31. The zero-order chi connectivity index (χ0) is 11.8. The van der Waals surface area contributed by atoms with E-state index in [0.717, 1.165) is 18.6 Å². The van der Waals surface area contributed by atoms with Gasteiger partial charge in [0.2, 0.25) is 0 Å². The summed E-state index contributed by atoms with van der Waals surface area (Å²) >= 11 is 3.49. The van der Waals surface area contributed by atoms with Gasteiger partial charge in [-0.1, -0.05) is 15.9 Å². The standard InChI is InChI=1S/C11H13BrO3S/c1-16(13,14)11-4-2-9(3-5-11)15-10-6-8(12)7-10/h2-5,8,10H,6-7H2,1H3. The molecule has 1 aromatic rings. The number of rotatable bonds is 3. The minimum atomic E-state index is -3.11. The van der Waals surface area contributed by atoms with E-state index in [-0.39, 0.29) is 6.10 Å². The molecule has 0 N–H and O–H groups in total. The largest absolute Gasteiger partial charge is 0.490 e. The van der Waals surface area contributed by atoms with Crippen LogP contribution in [0.25, 0.3) is 0 Å². The van der Waals surface area contributed by atoms with Crippen LogP contribution in [0.4, 0.5) is 0 Å². The molecule has 1 aromatic carbocycles. The lowest BCUT2D eigenvalue weighted by Gasteiger charge is -2.31. The Balaban J connectivity index is 2.03. The Morgan fingerprint density at radius 2 is 1.81 bits per heavy atom. The summed E-state index contributed by atoms with van der Waals surface area (Å²) in [5.41, 5.74) is 0. The maximum absolute atomic E-state index is 11.2. The smallest absolute Gasteiger partial charge is 0.175 e. The van der Waals surface area contributed by atoms with Crippen molar-refractivity contribution in [3.8, 4) is 5.75 Å². The quantitative estimate of drug-likeness (QED) is 0.805. The van der Waals surface area contributed by atoms with Crippen LogP contribution in [0.15, 0.2) is 29.2 Å². The Labute approximate surface area is 104 Å². The van der Waals surface area contributed by atoms with E-state index in [1.165, 1.54) is 6.26 Å². The minimum absolute atomic E-state index is 0.258. The molecule has 1 saturated carbocycles. The number of halogens is 1. The van der Waals surface area contributed by atoms with Crippen LogP contribution in [0.5, 0.6) is 5.75 Å². The number of benzene rings is 1. The van der Waals surface area contributed by atoms with Gasteiger partial charge in [0.25, 0.3) is 0 Å². The number of hydrogen-bond acceptors (Lipinski definition) is 3. The lowest BCUT2D eigenvalue weighted by Crippen LogP contribution is -2.33. The molecule has 0 aromatic heterocycles. The molecule has 2 rings (SSSR count). The van der Waals surface area contributed by atoms with Crippen LogP contribution in [0.2, 0.25) is 0 Å². The normalized spacial score (nSPS) is 24.9. The van der Waals surface area contributed by atoms with Gasteiger partial charge in [-0.25, -0.2) is 8.42 Å². The van der Waals surface area contributed by atoms with Crippen LogP contribution in [0.3, 0.4) is 0 Å². The highest BCUT2D eigenvalue weighted by molar-refractivity contribution is 9.09. The summed E-state index contributed by atoms with van der Waals surface area (Å²) in [5, 5.41) is 0. The van der Waals surface area contributed by atoms with Gasteiger partial charge in [0.05, 0.1) is 4.90 Å². The molecule has 1 aliphatic rings. The van der Waals surface area contributed by atoms with E-state index in [0.29, 0.717) is 9.72 Å². The summed E-state index contributed by atoms with van der Waals surface area (Å²) < 4.78 is 28.1. The molecule has 16 heavy (non-hydrogen) atoms. The van der Waals surface area contributed by atoms with E-state index >= 15 is 0 Å². The van der Waals surface area contributed by atoms with Gasteiger partial charge in [-0.05, 0) is 37.1 Å². The fraction of sp³-hybridized carbons (Fsp3) is 0.455. The minimum Gasteiger partial charge on any atom is -0.490 e. The van der Waals surface area contributed by atoms with E-state index in [1.807, 2.05) is 0 Å². The molecule has 0 bridgehead atoms. The molecule has 1 fully saturated rings. The summed E-state index contributed by atoms with van der Waals surface area (Å²) in [6, 6.07) is 6.57. The number of sulfone groups is 1. The zero-order valence-electron chi connectivity index (χ0n) is 8.89. The van der Waals surface area contributed by atoms with Crippen molar-refractivity contribution in [1.82, 2.24) is 0 Å². The van der Waals surface area contributed by atoms with Crippen molar-refractivity contribution in [2.45, 2.75) is 28.7 Å². The van der Waals surface area contributed by atoms with E-state index in [2.05, 4.69) is 15.9 Å². The molecule has 0 heterocycles. The van der Waals surface area contributed by atoms with Crippen molar-refractivity contribution in [2.24, 2.45) is 0 Å². The van der Waals surface area contributed by atoms with Gasteiger partial charge >= 0.3 is 0 Å². The topological polar surface area (TPSA) is 43.4 Å². The lowest BCUT2D eigenvalue weighted by atomic mass is 9.96. The summed E-state index contributed by atoms with van der Waals surface area (Å²) in [5.74, 6) is 0.733. The van der Waals surface area contributed by atoms with Gasteiger partial charge < -0.3 is 4.74 Å². The molecular formula is C11H13BrO3S. The third-order valence-electron chi connectivity index (χ3n) is 2.59. The Kier molecular flexibility index (Phi) is 3.26. The molecule has 88 valence electrons. The first kappa shape index (κ1) is 11.9. The summed E-state index contributed by atoms with van der Waals surface area (Å²) in [6.07, 6.45) is 3.47. The second kappa shape index (κ2) is 4.37. The first-order chi connectivity index (χ1) is 7.45. The number of alkyl halides is 1. The Morgan fingerprint density at radius 3 is 2.25 bits per heavy atom. The Morgan fingerprint density at radius 1 is 1.25 bits per heavy atom. The van der Waals surface area contributed by atoms with Crippen molar-refractivity contribution < 1.29 is 13.2 Å². The molecule has 0 atom stereocenters. The third-order valence-corrected chi connectivity index (χ3v) is 4.47. The monoisotopic (exact) mass is 304 g/mol. The molecule has 3 nitrogen and oxygen atoms in total. The highest BCUT2D eigenvalue weighted by atomic mass is 79.9. The number of ether oxygens (including phenoxy) is 1. The molecular weight excluding hydrogens is 292 g/mol. The Bertz CT molecular complexity index is 461.